The minimum absolute atomic E-state index is 0.349. The lowest BCUT2D eigenvalue weighted by atomic mass is 10.2. The van der Waals surface area contributed by atoms with Crippen LogP contribution in [-0.4, -0.2) is 33.6 Å². The summed E-state index contributed by atoms with van der Waals surface area (Å²) in [6.07, 6.45) is 0. The molecule has 0 aliphatic carbocycles. The molecule has 0 saturated carbocycles. The maximum atomic E-state index is 6.09. The largest absolute Gasteiger partial charge is 0.351 e. The van der Waals surface area contributed by atoms with Crippen molar-refractivity contribution in [3.05, 3.63) is 16.2 Å². The number of fused-ring (bicyclic) bond motifs is 1. The van der Waals surface area contributed by atoms with Crippen molar-refractivity contribution in [2.75, 3.05) is 17.2 Å². The molecular formula is C13H16ClN3S2. The quantitative estimate of drug-likeness (QED) is 0.745. The lowest BCUT2D eigenvalue weighted by Crippen LogP contribution is -2.45. The molecule has 2 atom stereocenters. The zero-order chi connectivity index (χ0) is 13.6. The van der Waals surface area contributed by atoms with Crippen molar-refractivity contribution >= 4 is 50.7 Å². The zero-order valence-electron chi connectivity index (χ0n) is 11.2. The molecule has 0 bridgehead atoms. The lowest BCUT2D eigenvalue weighted by Gasteiger charge is -2.38. The van der Waals surface area contributed by atoms with E-state index in [-0.39, 0.29) is 0 Å². The SMILES string of the molecule is Cc1cc2c(N3CCSC(C)C3C)nc(Cl)nc2s1. The topological polar surface area (TPSA) is 29.0 Å². The third-order valence-electron chi connectivity index (χ3n) is 3.62. The second kappa shape index (κ2) is 5.11. The van der Waals surface area contributed by atoms with Gasteiger partial charge in [-0.05, 0) is 31.5 Å². The van der Waals surface area contributed by atoms with Gasteiger partial charge in [-0.2, -0.15) is 16.7 Å². The Kier molecular flexibility index (Phi) is 3.62. The summed E-state index contributed by atoms with van der Waals surface area (Å²) in [7, 11) is 0. The first kappa shape index (κ1) is 13.5. The van der Waals surface area contributed by atoms with Crippen molar-refractivity contribution in [3.8, 4) is 0 Å². The number of nitrogens with zero attached hydrogens (tertiary/aromatic N) is 3. The van der Waals surface area contributed by atoms with Crippen molar-refractivity contribution in [1.82, 2.24) is 9.97 Å². The normalized spacial score (nSPS) is 24.1. The van der Waals surface area contributed by atoms with Gasteiger partial charge in [-0.1, -0.05) is 6.92 Å². The van der Waals surface area contributed by atoms with Crippen LogP contribution in [0.5, 0.6) is 0 Å². The maximum absolute atomic E-state index is 6.09. The van der Waals surface area contributed by atoms with Gasteiger partial charge in [0, 0.05) is 28.5 Å². The van der Waals surface area contributed by atoms with Gasteiger partial charge in [-0.25, -0.2) is 4.98 Å². The van der Waals surface area contributed by atoms with Crippen LogP contribution in [0.3, 0.4) is 0 Å². The van der Waals surface area contributed by atoms with Crippen molar-refractivity contribution in [2.45, 2.75) is 32.1 Å². The van der Waals surface area contributed by atoms with Crippen LogP contribution < -0.4 is 4.90 Å². The molecule has 2 aromatic heterocycles. The maximum Gasteiger partial charge on any atom is 0.225 e. The average Bonchev–Trinajstić information content (AvgIpc) is 2.72. The van der Waals surface area contributed by atoms with Crippen LogP contribution in [-0.2, 0) is 0 Å². The van der Waals surface area contributed by atoms with E-state index in [1.54, 1.807) is 11.3 Å². The molecule has 0 radical (unpaired) electrons. The van der Waals surface area contributed by atoms with Gasteiger partial charge in [-0.15, -0.1) is 11.3 Å². The Labute approximate surface area is 126 Å². The highest BCUT2D eigenvalue weighted by Crippen LogP contribution is 2.35. The molecule has 1 aliphatic rings. The van der Waals surface area contributed by atoms with E-state index in [4.69, 9.17) is 11.6 Å². The van der Waals surface area contributed by atoms with Crippen molar-refractivity contribution < 1.29 is 0 Å². The Bertz CT molecular complexity index is 613. The summed E-state index contributed by atoms with van der Waals surface area (Å²) in [4.78, 5) is 13.5. The summed E-state index contributed by atoms with van der Waals surface area (Å²) >= 11 is 9.79. The van der Waals surface area contributed by atoms with Crippen LogP contribution in [0.25, 0.3) is 10.2 Å². The number of hydrogen-bond donors (Lipinski definition) is 0. The van der Waals surface area contributed by atoms with E-state index in [9.17, 15) is 0 Å². The highest BCUT2D eigenvalue weighted by Gasteiger charge is 2.28. The van der Waals surface area contributed by atoms with Crippen LogP contribution in [0, 0.1) is 6.92 Å². The van der Waals surface area contributed by atoms with Gasteiger partial charge in [0.15, 0.2) is 0 Å². The number of thiophene rings is 1. The highest BCUT2D eigenvalue weighted by molar-refractivity contribution is 8.00. The number of rotatable bonds is 1. The summed E-state index contributed by atoms with van der Waals surface area (Å²) in [6, 6.07) is 2.64. The summed E-state index contributed by atoms with van der Waals surface area (Å²) < 4.78 is 0. The molecule has 3 rings (SSSR count). The highest BCUT2D eigenvalue weighted by atomic mass is 35.5. The second-order valence-electron chi connectivity index (χ2n) is 4.90. The molecule has 2 aromatic rings. The first-order valence-corrected chi connectivity index (χ1v) is 8.62. The standard InChI is InChI=1S/C13H16ClN3S2/c1-7-6-10-11(15-13(14)16-12(10)19-7)17-4-5-18-9(3)8(17)2/h6,8-9H,4-5H2,1-3H3. The smallest absolute Gasteiger partial charge is 0.225 e. The Hall–Kier alpha value is -0.520. The van der Waals surface area contributed by atoms with Crippen LogP contribution in [0.4, 0.5) is 5.82 Å². The lowest BCUT2D eigenvalue weighted by molar-refractivity contribution is 0.622. The van der Waals surface area contributed by atoms with Crippen LogP contribution in [0.2, 0.25) is 5.28 Å². The Balaban J connectivity index is 2.13. The fraction of sp³-hybridized carbons (Fsp3) is 0.538. The summed E-state index contributed by atoms with van der Waals surface area (Å²) in [5.74, 6) is 2.14. The van der Waals surface area contributed by atoms with E-state index in [0.717, 1.165) is 28.3 Å². The predicted octanol–water partition coefficient (Wildman–Crippen LogP) is 3.98. The Morgan fingerprint density at radius 2 is 2.16 bits per heavy atom. The average molecular weight is 314 g/mol. The number of aromatic nitrogens is 2. The van der Waals surface area contributed by atoms with Crippen LogP contribution in [0.15, 0.2) is 6.07 Å². The van der Waals surface area contributed by atoms with Gasteiger partial charge in [0.1, 0.15) is 10.6 Å². The number of thioether (sulfide) groups is 1. The first-order valence-electron chi connectivity index (χ1n) is 6.38. The molecule has 3 nitrogen and oxygen atoms in total. The summed E-state index contributed by atoms with van der Waals surface area (Å²) in [6.45, 7) is 7.66. The van der Waals surface area contributed by atoms with E-state index < -0.39 is 0 Å². The molecule has 0 spiro atoms. The minimum atomic E-state index is 0.349. The molecule has 6 heteroatoms. The molecule has 1 saturated heterocycles. The number of hydrogen-bond acceptors (Lipinski definition) is 5. The summed E-state index contributed by atoms with van der Waals surface area (Å²) in [5.41, 5.74) is 0. The number of anilines is 1. The van der Waals surface area contributed by atoms with E-state index >= 15 is 0 Å². The Morgan fingerprint density at radius 3 is 2.95 bits per heavy atom. The predicted molar refractivity (Wildman–Crippen MR) is 85.9 cm³/mol. The molecule has 0 aromatic carbocycles. The molecule has 1 aliphatic heterocycles. The number of halogens is 1. The molecule has 0 amide bonds. The van der Waals surface area contributed by atoms with Crippen molar-refractivity contribution in [2.24, 2.45) is 0 Å². The third-order valence-corrected chi connectivity index (χ3v) is 6.08. The summed E-state index contributed by atoms with van der Waals surface area (Å²) in [5, 5.41) is 2.09. The van der Waals surface area contributed by atoms with Crippen LogP contribution >= 0.6 is 34.7 Å². The van der Waals surface area contributed by atoms with Gasteiger partial charge in [0.2, 0.25) is 5.28 Å². The fourth-order valence-electron chi connectivity index (χ4n) is 2.45. The molecule has 1 fully saturated rings. The monoisotopic (exact) mass is 313 g/mol. The molecular weight excluding hydrogens is 298 g/mol. The van der Waals surface area contributed by atoms with Gasteiger partial charge in [0.25, 0.3) is 0 Å². The minimum Gasteiger partial charge on any atom is -0.351 e. The molecule has 19 heavy (non-hydrogen) atoms. The zero-order valence-corrected chi connectivity index (χ0v) is 13.6. The number of aryl methyl sites for hydroxylation is 1. The van der Waals surface area contributed by atoms with E-state index in [1.807, 2.05) is 11.8 Å². The first-order chi connectivity index (χ1) is 9.06. The van der Waals surface area contributed by atoms with Gasteiger partial charge in [0.05, 0.1) is 5.39 Å². The second-order valence-corrected chi connectivity index (χ2v) is 7.96. The van der Waals surface area contributed by atoms with Gasteiger partial charge < -0.3 is 4.90 Å². The molecule has 102 valence electrons. The molecule has 0 N–H and O–H groups in total. The van der Waals surface area contributed by atoms with Crippen LogP contribution in [0.1, 0.15) is 18.7 Å². The van der Waals surface area contributed by atoms with E-state index in [2.05, 4.69) is 41.7 Å². The van der Waals surface area contributed by atoms with E-state index in [1.165, 1.54) is 4.88 Å². The van der Waals surface area contributed by atoms with Crippen molar-refractivity contribution in [3.63, 3.8) is 0 Å². The van der Waals surface area contributed by atoms with Gasteiger partial charge >= 0.3 is 0 Å². The van der Waals surface area contributed by atoms with Crippen molar-refractivity contribution in [1.29, 1.82) is 0 Å². The third kappa shape index (κ3) is 2.43. The molecule has 2 unspecified atom stereocenters. The Morgan fingerprint density at radius 1 is 1.37 bits per heavy atom. The van der Waals surface area contributed by atoms with Gasteiger partial charge in [-0.3, -0.25) is 0 Å². The van der Waals surface area contributed by atoms with E-state index in [0.29, 0.717) is 16.6 Å². The molecule has 3 heterocycles. The fourth-order valence-corrected chi connectivity index (χ4v) is 4.64.